The molecule has 148 valence electrons. The molecule has 4 rings (SSSR count). The van der Waals surface area contributed by atoms with Gasteiger partial charge in [0.15, 0.2) is 0 Å². The Balaban J connectivity index is 1.65. The Morgan fingerprint density at radius 1 is 1.41 bits per heavy atom. The van der Waals surface area contributed by atoms with Gasteiger partial charge in [-0.2, -0.15) is 5.26 Å². The molecule has 1 amide bonds. The Hall–Kier alpha value is -3.37. The minimum atomic E-state index is -0.546. The van der Waals surface area contributed by atoms with Crippen LogP contribution in [0.25, 0.3) is 10.9 Å². The number of aliphatic hydroxyl groups is 1. The van der Waals surface area contributed by atoms with Crippen molar-refractivity contribution >= 4 is 17.0 Å². The van der Waals surface area contributed by atoms with E-state index in [1.54, 1.807) is 13.1 Å². The quantitative estimate of drug-likeness (QED) is 0.697. The molecule has 0 unspecified atom stereocenters. The van der Waals surface area contributed by atoms with Crippen LogP contribution in [0, 0.1) is 11.3 Å². The monoisotopic (exact) mass is 390 g/mol. The summed E-state index contributed by atoms with van der Waals surface area (Å²) in [5, 5.41) is 22.3. The maximum Gasteiger partial charge on any atom is 0.407 e. The molecule has 3 aromatic rings. The first kappa shape index (κ1) is 19.0. The van der Waals surface area contributed by atoms with Crippen molar-refractivity contribution in [1.29, 1.82) is 5.26 Å². The molecule has 0 spiro atoms. The van der Waals surface area contributed by atoms with E-state index in [1.807, 2.05) is 36.4 Å². The third kappa shape index (κ3) is 3.80. The average molecular weight is 390 g/mol. The van der Waals surface area contributed by atoms with E-state index >= 15 is 0 Å². The molecule has 2 aromatic heterocycles. The molecule has 2 heterocycles. The molecule has 2 atom stereocenters. The Morgan fingerprint density at radius 3 is 3.00 bits per heavy atom. The molecule has 2 N–H and O–H groups in total. The van der Waals surface area contributed by atoms with Crippen LogP contribution in [0.5, 0.6) is 0 Å². The highest BCUT2D eigenvalue weighted by Crippen LogP contribution is 2.34. The van der Waals surface area contributed by atoms with Crippen molar-refractivity contribution in [3.63, 3.8) is 0 Å². The zero-order valence-corrected chi connectivity index (χ0v) is 16.1. The van der Waals surface area contributed by atoms with Crippen molar-refractivity contribution in [2.75, 3.05) is 6.61 Å². The molecular formula is C22H22N4O3. The lowest BCUT2D eigenvalue weighted by molar-refractivity contribution is 0.0661. The largest absolute Gasteiger partial charge is 0.444 e. The van der Waals surface area contributed by atoms with Crippen molar-refractivity contribution in [1.82, 2.24) is 14.9 Å². The summed E-state index contributed by atoms with van der Waals surface area (Å²) < 4.78 is 7.35. The lowest BCUT2D eigenvalue weighted by Crippen LogP contribution is -2.38. The number of ether oxygens (including phenoxy) is 1. The minimum Gasteiger partial charge on any atom is -0.444 e. The summed E-state index contributed by atoms with van der Waals surface area (Å²) in [5.41, 5.74) is 4.91. The van der Waals surface area contributed by atoms with E-state index in [2.05, 4.69) is 20.9 Å². The molecule has 0 bridgehead atoms. The fourth-order valence-electron chi connectivity index (χ4n) is 3.92. The van der Waals surface area contributed by atoms with E-state index in [1.165, 1.54) is 0 Å². The maximum atomic E-state index is 12.1. The Morgan fingerprint density at radius 2 is 2.28 bits per heavy atom. The maximum absolute atomic E-state index is 12.1. The van der Waals surface area contributed by atoms with Crippen LogP contribution < -0.4 is 5.32 Å². The molecule has 0 aliphatic heterocycles. The Labute approximate surface area is 168 Å². The van der Waals surface area contributed by atoms with Gasteiger partial charge in [-0.15, -0.1) is 0 Å². The van der Waals surface area contributed by atoms with Crippen molar-refractivity contribution in [3.8, 4) is 6.07 Å². The number of aliphatic hydroxyl groups excluding tert-OH is 1. The first-order valence-electron chi connectivity index (χ1n) is 9.61. The number of carbonyl (C=O) groups excluding carboxylic acids is 1. The SMILES string of the molecule is C[C@@H](CO)OC(=O)N[C@H]1Cc2c(n(Cc3ccccn3)c3ccc(C#N)cc23)C1. The van der Waals surface area contributed by atoms with E-state index in [0.29, 0.717) is 24.9 Å². The molecule has 1 aliphatic carbocycles. The lowest BCUT2D eigenvalue weighted by atomic mass is 10.1. The third-order valence-corrected chi connectivity index (χ3v) is 5.24. The predicted molar refractivity (Wildman–Crippen MR) is 107 cm³/mol. The number of aromatic nitrogens is 2. The zero-order chi connectivity index (χ0) is 20.4. The number of fused-ring (bicyclic) bond motifs is 3. The van der Waals surface area contributed by atoms with Gasteiger partial charge < -0.3 is 19.7 Å². The molecule has 1 aromatic carbocycles. The van der Waals surface area contributed by atoms with E-state index in [0.717, 1.165) is 27.9 Å². The van der Waals surface area contributed by atoms with Gasteiger partial charge >= 0.3 is 6.09 Å². The topological polar surface area (TPSA) is 100 Å². The second-order valence-corrected chi connectivity index (χ2v) is 7.32. The van der Waals surface area contributed by atoms with E-state index in [-0.39, 0.29) is 12.6 Å². The Kier molecular flexibility index (Phi) is 5.19. The van der Waals surface area contributed by atoms with Crippen molar-refractivity contribution < 1.29 is 14.6 Å². The summed E-state index contributed by atoms with van der Waals surface area (Å²) in [6.45, 7) is 2.05. The van der Waals surface area contributed by atoms with Crippen molar-refractivity contribution in [3.05, 3.63) is 65.1 Å². The summed E-state index contributed by atoms with van der Waals surface area (Å²) in [6, 6.07) is 13.7. The van der Waals surface area contributed by atoms with Gasteiger partial charge in [0.05, 0.1) is 30.5 Å². The van der Waals surface area contributed by atoms with Gasteiger partial charge in [-0.05, 0) is 49.2 Å². The van der Waals surface area contributed by atoms with Crippen LogP contribution in [-0.4, -0.2) is 39.5 Å². The highest BCUT2D eigenvalue weighted by Gasteiger charge is 2.30. The van der Waals surface area contributed by atoms with Crippen molar-refractivity contribution in [2.45, 2.75) is 38.5 Å². The lowest BCUT2D eigenvalue weighted by Gasteiger charge is -2.16. The third-order valence-electron chi connectivity index (χ3n) is 5.24. The number of benzene rings is 1. The number of carbonyl (C=O) groups is 1. The smallest absolute Gasteiger partial charge is 0.407 e. The predicted octanol–water partition coefficient (Wildman–Crippen LogP) is 2.53. The zero-order valence-electron chi connectivity index (χ0n) is 16.1. The minimum absolute atomic E-state index is 0.0940. The van der Waals surface area contributed by atoms with Gasteiger partial charge in [0.1, 0.15) is 6.10 Å². The van der Waals surface area contributed by atoms with Crippen molar-refractivity contribution in [2.24, 2.45) is 0 Å². The number of alkyl carbamates (subject to hydrolysis) is 1. The molecule has 0 saturated heterocycles. The number of rotatable bonds is 5. The van der Waals surface area contributed by atoms with Gasteiger partial charge in [-0.25, -0.2) is 4.79 Å². The van der Waals surface area contributed by atoms with Gasteiger partial charge in [-0.3, -0.25) is 4.98 Å². The number of hydrogen-bond acceptors (Lipinski definition) is 5. The fourth-order valence-corrected chi connectivity index (χ4v) is 3.92. The van der Waals surface area contributed by atoms with Crippen LogP contribution in [0.4, 0.5) is 4.79 Å². The average Bonchev–Trinajstić information content (AvgIpc) is 3.26. The summed E-state index contributed by atoms with van der Waals surface area (Å²) in [6.07, 6.45) is 2.04. The molecule has 7 heteroatoms. The molecule has 0 radical (unpaired) electrons. The normalized spacial score (nSPS) is 16.2. The second kappa shape index (κ2) is 7.94. The fraction of sp³-hybridized carbons (Fsp3) is 0.318. The summed E-state index contributed by atoms with van der Waals surface area (Å²) in [5.74, 6) is 0. The van der Waals surface area contributed by atoms with Gasteiger partial charge in [0.25, 0.3) is 0 Å². The molecule has 1 aliphatic rings. The van der Waals surface area contributed by atoms with Gasteiger partial charge in [-0.1, -0.05) is 6.07 Å². The van der Waals surface area contributed by atoms with E-state index in [9.17, 15) is 10.1 Å². The number of nitrogens with one attached hydrogen (secondary N) is 1. The number of amides is 1. The highest BCUT2D eigenvalue weighted by atomic mass is 16.6. The van der Waals surface area contributed by atoms with Gasteiger partial charge in [0, 0.05) is 35.3 Å². The summed E-state index contributed by atoms with van der Waals surface area (Å²) >= 11 is 0. The molecule has 0 saturated carbocycles. The van der Waals surface area contributed by atoms with E-state index < -0.39 is 12.2 Å². The molecular weight excluding hydrogens is 368 g/mol. The summed E-state index contributed by atoms with van der Waals surface area (Å²) in [7, 11) is 0. The summed E-state index contributed by atoms with van der Waals surface area (Å²) in [4.78, 5) is 16.5. The van der Waals surface area contributed by atoms with Crippen LogP contribution in [0.1, 0.15) is 29.4 Å². The van der Waals surface area contributed by atoms with Crippen LogP contribution in [0.2, 0.25) is 0 Å². The van der Waals surface area contributed by atoms with Crippen LogP contribution in [0.3, 0.4) is 0 Å². The number of pyridine rings is 1. The number of hydrogen-bond donors (Lipinski definition) is 2. The number of nitrogens with zero attached hydrogens (tertiary/aromatic N) is 3. The van der Waals surface area contributed by atoms with Crippen LogP contribution >= 0.6 is 0 Å². The second-order valence-electron chi connectivity index (χ2n) is 7.32. The molecule has 7 nitrogen and oxygen atoms in total. The molecule has 0 fully saturated rings. The van der Waals surface area contributed by atoms with Crippen LogP contribution in [-0.2, 0) is 24.1 Å². The van der Waals surface area contributed by atoms with E-state index in [4.69, 9.17) is 9.84 Å². The van der Waals surface area contributed by atoms with Gasteiger partial charge in [0.2, 0.25) is 0 Å². The Bertz CT molecular complexity index is 1080. The van der Waals surface area contributed by atoms with Crippen LogP contribution in [0.15, 0.2) is 42.6 Å². The molecule has 29 heavy (non-hydrogen) atoms. The standard InChI is InChI=1S/C22H22N4O3/c1-14(13-27)29-22(28)25-17-9-19-18-8-15(11-23)5-6-20(18)26(21(19)10-17)12-16-4-2-3-7-24-16/h2-8,14,17,27H,9-10,12-13H2,1H3,(H,25,28)/t14-,17-/m0/s1. The number of nitriles is 1. The highest BCUT2D eigenvalue weighted by molar-refractivity contribution is 5.88. The first-order chi connectivity index (χ1) is 14.1. The first-order valence-corrected chi connectivity index (χ1v) is 9.61.